The molecule has 0 saturated carbocycles. The second-order valence-corrected chi connectivity index (χ2v) is 9.82. The van der Waals surface area contributed by atoms with Crippen molar-refractivity contribution in [3.05, 3.63) is 51.9 Å². The van der Waals surface area contributed by atoms with Gasteiger partial charge in [-0.1, -0.05) is 29.8 Å². The topological polar surface area (TPSA) is 57.7 Å². The molecule has 3 rings (SSSR count). The van der Waals surface area contributed by atoms with Crippen LogP contribution in [0.5, 0.6) is 0 Å². The number of aryl methyl sites for hydroxylation is 2. The Morgan fingerprint density at radius 3 is 2.54 bits per heavy atom. The van der Waals surface area contributed by atoms with E-state index in [1.807, 2.05) is 25.1 Å². The highest BCUT2D eigenvalue weighted by atomic mass is 35.5. The zero-order chi connectivity index (χ0) is 18.7. The van der Waals surface area contributed by atoms with Crippen LogP contribution in [-0.4, -0.2) is 49.7 Å². The van der Waals surface area contributed by atoms with Crippen molar-refractivity contribution < 1.29 is 13.2 Å². The van der Waals surface area contributed by atoms with Crippen LogP contribution in [0, 0.1) is 6.92 Å². The maximum absolute atomic E-state index is 12.5. The lowest BCUT2D eigenvalue weighted by molar-refractivity contribution is -0.132. The zero-order valence-electron chi connectivity index (χ0n) is 14.5. The first-order chi connectivity index (χ1) is 12.4. The van der Waals surface area contributed by atoms with Crippen LogP contribution in [0.3, 0.4) is 0 Å². The van der Waals surface area contributed by atoms with Gasteiger partial charge in [-0.3, -0.25) is 4.79 Å². The average molecular weight is 413 g/mol. The molecule has 1 saturated heterocycles. The lowest BCUT2D eigenvalue weighted by Crippen LogP contribution is -2.50. The fourth-order valence-corrected chi connectivity index (χ4v) is 5.69. The molecule has 5 nitrogen and oxygen atoms in total. The summed E-state index contributed by atoms with van der Waals surface area (Å²) in [5, 5.41) is 2.46. The number of benzene rings is 1. The predicted octanol–water partition coefficient (Wildman–Crippen LogP) is 3.18. The van der Waals surface area contributed by atoms with E-state index in [-0.39, 0.29) is 5.91 Å². The molecule has 2 heterocycles. The van der Waals surface area contributed by atoms with E-state index in [0.29, 0.717) is 48.3 Å². The van der Waals surface area contributed by atoms with E-state index in [4.69, 9.17) is 11.6 Å². The van der Waals surface area contributed by atoms with E-state index < -0.39 is 10.0 Å². The zero-order valence-corrected chi connectivity index (χ0v) is 16.9. The number of hydrogen-bond donors (Lipinski definition) is 0. The van der Waals surface area contributed by atoms with E-state index >= 15 is 0 Å². The standard InChI is InChI=1S/C18H21ClN2O3S2/c1-14-4-5-15(13-16(14)19)6-7-17(22)20-8-10-21(11-9-20)26(23,24)18-3-2-12-25-18/h2-5,12-13H,6-11H2,1H3. The van der Waals surface area contributed by atoms with Crippen molar-refractivity contribution in [3.8, 4) is 0 Å². The van der Waals surface area contributed by atoms with E-state index in [9.17, 15) is 13.2 Å². The third-order valence-electron chi connectivity index (χ3n) is 4.54. The minimum absolute atomic E-state index is 0.0508. The molecular weight excluding hydrogens is 392 g/mol. The lowest BCUT2D eigenvalue weighted by atomic mass is 10.1. The molecule has 0 atom stereocenters. The summed E-state index contributed by atoms with van der Waals surface area (Å²) < 4.78 is 26.8. The van der Waals surface area contributed by atoms with Gasteiger partial charge in [0.05, 0.1) is 0 Å². The number of piperazine rings is 1. The molecule has 0 unspecified atom stereocenters. The number of halogens is 1. The van der Waals surface area contributed by atoms with Crippen molar-refractivity contribution in [3.63, 3.8) is 0 Å². The van der Waals surface area contributed by atoms with E-state index in [1.54, 1.807) is 22.4 Å². The fraction of sp³-hybridized carbons (Fsp3) is 0.389. The molecule has 1 aromatic heterocycles. The van der Waals surface area contributed by atoms with Crippen LogP contribution in [0.25, 0.3) is 0 Å². The molecule has 0 N–H and O–H groups in total. The fourth-order valence-electron chi connectivity index (χ4n) is 2.92. The first-order valence-corrected chi connectivity index (χ1v) is 11.1. The van der Waals surface area contributed by atoms with Crippen molar-refractivity contribution in [1.82, 2.24) is 9.21 Å². The number of carbonyl (C=O) groups excluding carboxylic acids is 1. The van der Waals surface area contributed by atoms with E-state index in [1.165, 1.54) is 15.6 Å². The van der Waals surface area contributed by atoms with Gasteiger partial charge in [-0.2, -0.15) is 4.31 Å². The molecule has 1 aliphatic rings. The summed E-state index contributed by atoms with van der Waals surface area (Å²) in [6, 6.07) is 9.19. The summed E-state index contributed by atoms with van der Waals surface area (Å²) in [7, 11) is -3.43. The Morgan fingerprint density at radius 1 is 1.19 bits per heavy atom. The second-order valence-electron chi connectivity index (χ2n) is 6.30. The summed E-state index contributed by atoms with van der Waals surface area (Å²) in [5.74, 6) is 0.0508. The van der Waals surface area contributed by atoms with Gasteiger partial charge >= 0.3 is 0 Å². The van der Waals surface area contributed by atoms with Gasteiger partial charge in [-0.05, 0) is 42.0 Å². The maximum Gasteiger partial charge on any atom is 0.252 e. The van der Waals surface area contributed by atoms with Gasteiger partial charge in [0.1, 0.15) is 4.21 Å². The molecule has 0 aliphatic carbocycles. The molecule has 1 amide bonds. The highest BCUT2D eigenvalue weighted by Gasteiger charge is 2.30. The molecule has 26 heavy (non-hydrogen) atoms. The number of carbonyl (C=O) groups is 1. The summed E-state index contributed by atoms with van der Waals surface area (Å²) >= 11 is 7.34. The highest BCUT2D eigenvalue weighted by Crippen LogP contribution is 2.22. The van der Waals surface area contributed by atoms with Crippen molar-refractivity contribution in [1.29, 1.82) is 0 Å². The first kappa shape index (κ1) is 19.4. The maximum atomic E-state index is 12.5. The van der Waals surface area contributed by atoms with Gasteiger partial charge < -0.3 is 4.90 Å². The van der Waals surface area contributed by atoms with Gasteiger partial charge in [0.15, 0.2) is 0 Å². The monoisotopic (exact) mass is 412 g/mol. The van der Waals surface area contributed by atoms with Crippen LogP contribution in [0.15, 0.2) is 39.9 Å². The minimum atomic E-state index is -3.43. The highest BCUT2D eigenvalue weighted by molar-refractivity contribution is 7.91. The van der Waals surface area contributed by atoms with Gasteiger partial charge in [-0.25, -0.2) is 8.42 Å². The number of thiophene rings is 1. The predicted molar refractivity (Wildman–Crippen MR) is 104 cm³/mol. The second kappa shape index (κ2) is 8.08. The SMILES string of the molecule is Cc1ccc(CCC(=O)N2CCN(S(=O)(=O)c3cccs3)CC2)cc1Cl. The minimum Gasteiger partial charge on any atom is -0.340 e. The summed E-state index contributed by atoms with van der Waals surface area (Å²) in [6.07, 6.45) is 1.03. The number of sulfonamides is 1. The van der Waals surface area contributed by atoms with Crippen LogP contribution >= 0.6 is 22.9 Å². The van der Waals surface area contributed by atoms with Gasteiger partial charge in [0, 0.05) is 37.6 Å². The molecule has 1 aromatic carbocycles. The number of amides is 1. The third kappa shape index (κ3) is 4.28. The van der Waals surface area contributed by atoms with Crippen LogP contribution in [0.4, 0.5) is 0 Å². The Morgan fingerprint density at radius 2 is 1.92 bits per heavy atom. The third-order valence-corrected chi connectivity index (χ3v) is 8.22. The Kier molecular flexibility index (Phi) is 6.02. The molecule has 0 spiro atoms. The Balaban J connectivity index is 1.53. The molecule has 140 valence electrons. The van der Waals surface area contributed by atoms with E-state index in [2.05, 4.69) is 0 Å². The Labute approximate surface area is 163 Å². The molecule has 8 heteroatoms. The molecule has 0 bridgehead atoms. The summed E-state index contributed by atoms with van der Waals surface area (Å²) in [6.45, 7) is 3.47. The van der Waals surface area contributed by atoms with Crippen molar-refractivity contribution in [2.75, 3.05) is 26.2 Å². The van der Waals surface area contributed by atoms with Gasteiger partial charge in [0.2, 0.25) is 5.91 Å². The van der Waals surface area contributed by atoms with Crippen LogP contribution < -0.4 is 0 Å². The van der Waals surface area contributed by atoms with Crippen molar-refractivity contribution in [2.45, 2.75) is 24.0 Å². The van der Waals surface area contributed by atoms with Crippen LogP contribution in [0.2, 0.25) is 5.02 Å². The Bertz CT molecular complexity index is 874. The lowest BCUT2D eigenvalue weighted by Gasteiger charge is -2.33. The summed E-state index contributed by atoms with van der Waals surface area (Å²) in [5.41, 5.74) is 2.05. The molecule has 2 aromatic rings. The van der Waals surface area contributed by atoms with Gasteiger partial charge in [-0.15, -0.1) is 11.3 Å². The smallest absolute Gasteiger partial charge is 0.252 e. The van der Waals surface area contributed by atoms with Gasteiger partial charge in [0.25, 0.3) is 10.0 Å². The summed E-state index contributed by atoms with van der Waals surface area (Å²) in [4.78, 5) is 14.2. The Hall–Kier alpha value is -1.41. The first-order valence-electron chi connectivity index (χ1n) is 8.44. The molecular formula is C18H21ClN2O3S2. The average Bonchev–Trinajstić information content (AvgIpc) is 3.18. The van der Waals surface area contributed by atoms with Crippen LogP contribution in [0.1, 0.15) is 17.5 Å². The number of hydrogen-bond acceptors (Lipinski definition) is 4. The van der Waals surface area contributed by atoms with Crippen molar-refractivity contribution in [2.24, 2.45) is 0 Å². The number of nitrogens with zero attached hydrogens (tertiary/aromatic N) is 2. The molecule has 1 aliphatic heterocycles. The normalized spacial score (nSPS) is 16.0. The quantitative estimate of drug-likeness (QED) is 0.757. The van der Waals surface area contributed by atoms with E-state index in [0.717, 1.165) is 11.1 Å². The van der Waals surface area contributed by atoms with Crippen molar-refractivity contribution >= 4 is 38.9 Å². The van der Waals surface area contributed by atoms with Crippen LogP contribution in [-0.2, 0) is 21.2 Å². The molecule has 0 radical (unpaired) electrons. The molecule has 1 fully saturated rings. The largest absolute Gasteiger partial charge is 0.340 e. The number of rotatable bonds is 5.